The molecule has 0 aromatic heterocycles. The molecule has 0 amide bonds. The number of fused-ring (bicyclic) bond motifs is 1. The van der Waals surface area contributed by atoms with Gasteiger partial charge in [-0.15, -0.1) is 0 Å². The zero-order valence-corrected chi connectivity index (χ0v) is 10.8. The lowest BCUT2D eigenvalue weighted by molar-refractivity contribution is -0.114. The zero-order chi connectivity index (χ0) is 13.1. The number of hydrogen-bond donors (Lipinski definition) is 0. The minimum absolute atomic E-state index is 0.230. The molecule has 0 saturated carbocycles. The van der Waals surface area contributed by atoms with Crippen LogP contribution in [0, 0.1) is 0 Å². The molecule has 3 rings (SSSR count). The molecule has 0 atom stereocenters. The van der Waals surface area contributed by atoms with Gasteiger partial charge in [0.15, 0.2) is 5.78 Å². The summed E-state index contributed by atoms with van der Waals surface area (Å²) in [5.41, 5.74) is 2.58. The number of rotatable bonds is 1. The van der Waals surface area contributed by atoms with Crippen molar-refractivity contribution in [1.29, 1.82) is 0 Å². The average Bonchev–Trinajstić information content (AvgIpc) is 2.42. The minimum Gasteiger partial charge on any atom is -0.295 e. The van der Waals surface area contributed by atoms with Crippen LogP contribution in [0.2, 0.25) is 0 Å². The highest BCUT2D eigenvalue weighted by molar-refractivity contribution is 5.91. The maximum absolute atomic E-state index is 11.3. The van der Waals surface area contributed by atoms with E-state index in [1.807, 2.05) is 6.08 Å². The fourth-order valence-electron chi connectivity index (χ4n) is 2.52. The van der Waals surface area contributed by atoms with Gasteiger partial charge in [0.25, 0.3) is 0 Å². The molecule has 0 fully saturated rings. The van der Waals surface area contributed by atoms with Crippen LogP contribution in [-0.4, -0.2) is 5.78 Å². The Hall–Kier alpha value is -2.15. The summed E-state index contributed by atoms with van der Waals surface area (Å²) in [6.45, 7) is 0. The third kappa shape index (κ3) is 2.65. The number of hydrogen-bond acceptors (Lipinski definition) is 1. The van der Waals surface area contributed by atoms with Crippen molar-refractivity contribution in [2.24, 2.45) is 0 Å². The highest BCUT2D eigenvalue weighted by atomic mass is 16.1. The largest absolute Gasteiger partial charge is 0.295 e. The highest BCUT2D eigenvalue weighted by Gasteiger charge is 2.06. The molecule has 19 heavy (non-hydrogen) atoms. The van der Waals surface area contributed by atoms with Crippen molar-refractivity contribution in [3.8, 4) is 0 Å². The van der Waals surface area contributed by atoms with Gasteiger partial charge in [-0.05, 0) is 46.9 Å². The van der Waals surface area contributed by atoms with Crippen LogP contribution in [0.15, 0.2) is 60.7 Å². The maximum atomic E-state index is 11.3. The molecule has 0 unspecified atom stereocenters. The van der Waals surface area contributed by atoms with E-state index >= 15 is 0 Å². The minimum atomic E-state index is 0.230. The van der Waals surface area contributed by atoms with E-state index < -0.39 is 0 Å². The van der Waals surface area contributed by atoms with E-state index in [4.69, 9.17) is 0 Å². The summed E-state index contributed by atoms with van der Waals surface area (Å²) >= 11 is 0. The van der Waals surface area contributed by atoms with E-state index in [9.17, 15) is 4.79 Å². The van der Waals surface area contributed by atoms with Crippen molar-refractivity contribution in [2.45, 2.75) is 19.3 Å². The summed E-state index contributed by atoms with van der Waals surface area (Å²) in [6.07, 6.45) is 8.19. The fourth-order valence-corrected chi connectivity index (χ4v) is 2.52. The number of carbonyl (C=O) groups is 1. The molecule has 0 spiro atoms. The Balaban J connectivity index is 2.01. The van der Waals surface area contributed by atoms with E-state index in [-0.39, 0.29) is 5.78 Å². The lowest BCUT2D eigenvalue weighted by Gasteiger charge is -2.10. The average molecular weight is 248 g/mol. The molecule has 1 heteroatoms. The van der Waals surface area contributed by atoms with Crippen molar-refractivity contribution in [3.63, 3.8) is 0 Å². The second-order valence-corrected chi connectivity index (χ2v) is 4.93. The van der Waals surface area contributed by atoms with Crippen LogP contribution < -0.4 is 0 Å². The van der Waals surface area contributed by atoms with Crippen LogP contribution >= 0.6 is 0 Å². The van der Waals surface area contributed by atoms with Crippen molar-refractivity contribution >= 4 is 22.1 Å². The van der Waals surface area contributed by atoms with Crippen molar-refractivity contribution in [1.82, 2.24) is 0 Å². The van der Waals surface area contributed by atoms with E-state index in [1.165, 1.54) is 21.9 Å². The van der Waals surface area contributed by atoms with Gasteiger partial charge in [0.2, 0.25) is 0 Å². The van der Waals surface area contributed by atoms with Crippen molar-refractivity contribution in [2.75, 3.05) is 0 Å². The summed E-state index contributed by atoms with van der Waals surface area (Å²) in [4.78, 5) is 11.3. The predicted octanol–water partition coefficient (Wildman–Crippen LogP) is 4.53. The van der Waals surface area contributed by atoms with Gasteiger partial charge in [0, 0.05) is 6.42 Å². The van der Waals surface area contributed by atoms with Crippen LogP contribution in [0.1, 0.15) is 24.8 Å². The lowest BCUT2D eigenvalue weighted by atomic mass is 9.95. The quantitative estimate of drug-likeness (QED) is 0.724. The van der Waals surface area contributed by atoms with Crippen LogP contribution in [0.25, 0.3) is 16.3 Å². The number of carbonyl (C=O) groups excluding carboxylic acids is 1. The maximum Gasteiger partial charge on any atom is 0.155 e. The number of ketones is 1. The fraction of sp³-hybridized carbons (Fsp3) is 0.167. The topological polar surface area (TPSA) is 17.1 Å². The Morgan fingerprint density at radius 1 is 0.895 bits per heavy atom. The van der Waals surface area contributed by atoms with Gasteiger partial charge in [0.05, 0.1) is 0 Å². The van der Waals surface area contributed by atoms with Crippen molar-refractivity contribution in [3.05, 3.63) is 66.3 Å². The van der Waals surface area contributed by atoms with Crippen LogP contribution in [0.5, 0.6) is 0 Å². The van der Waals surface area contributed by atoms with Crippen LogP contribution in [-0.2, 0) is 4.79 Å². The number of benzene rings is 2. The van der Waals surface area contributed by atoms with Gasteiger partial charge in [-0.25, -0.2) is 0 Å². The molecule has 1 aliphatic rings. The molecule has 2 aromatic rings. The predicted molar refractivity (Wildman–Crippen MR) is 79.9 cm³/mol. The zero-order valence-electron chi connectivity index (χ0n) is 10.8. The normalized spacial score (nSPS) is 20.4. The summed E-state index contributed by atoms with van der Waals surface area (Å²) < 4.78 is 0. The van der Waals surface area contributed by atoms with Crippen LogP contribution in [0.3, 0.4) is 0 Å². The van der Waals surface area contributed by atoms with Gasteiger partial charge < -0.3 is 0 Å². The second kappa shape index (κ2) is 5.23. The Morgan fingerprint density at radius 2 is 1.74 bits per heavy atom. The number of allylic oxidation sites excluding steroid dienone is 4. The first kappa shape index (κ1) is 11.9. The third-order valence-electron chi connectivity index (χ3n) is 3.57. The SMILES string of the molecule is O=C1/C=C\C=C(\c2ccc3ccccc3c2)CCC1. The Kier molecular flexibility index (Phi) is 3.28. The van der Waals surface area contributed by atoms with E-state index in [0.717, 1.165) is 12.8 Å². The van der Waals surface area contributed by atoms with Gasteiger partial charge in [-0.1, -0.05) is 48.6 Å². The van der Waals surface area contributed by atoms with Gasteiger partial charge >= 0.3 is 0 Å². The summed E-state index contributed by atoms with van der Waals surface area (Å²) in [6, 6.07) is 15.0. The van der Waals surface area contributed by atoms with E-state index in [0.29, 0.717) is 6.42 Å². The van der Waals surface area contributed by atoms with Crippen molar-refractivity contribution < 1.29 is 4.79 Å². The molecule has 2 aromatic carbocycles. The third-order valence-corrected chi connectivity index (χ3v) is 3.57. The van der Waals surface area contributed by atoms with E-state index in [1.54, 1.807) is 6.08 Å². The van der Waals surface area contributed by atoms with Gasteiger partial charge in [0.1, 0.15) is 0 Å². The summed E-state index contributed by atoms with van der Waals surface area (Å²) in [5, 5.41) is 2.53. The molecule has 1 aliphatic carbocycles. The standard InChI is InChI=1S/C18H16O/c19-18-9-3-7-14(8-4-10-18)17-12-11-15-5-1-2-6-16(15)13-17/h1-3,5-7,9,11-13H,4,8,10H2/b9-3-,14-7+. The smallest absolute Gasteiger partial charge is 0.155 e. The molecule has 0 N–H and O–H groups in total. The first-order valence-electron chi connectivity index (χ1n) is 6.72. The molecular formula is C18H16O. The Labute approximate surface area is 113 Å². The van der Waals surface area contributed by atoms with Gasteiger partial charge in [-0.3, -0.25) is 4.79 Å². The molecule has 0 radical (unpaired) electrons. The molecule has 94 valence electrons. The molecule has 0 bridgehead atoms. The monoisotopic (exact) mass is 248 g/mol. The second-order valence-electron chi connectivity index (χ2n) is 4.93. The molecule has 1 nitrogen and oxygen atoms in total. The summed E-state index contributed by atoms with van der Waals surface area (Å²) in [7, 11) is 0. The first-order chi connectivity index (χ1) is 9.33. The van der Waals surface area contributed by atoms with Gasteiger partial charge in [-0.2, -0.15) is 0 Å². The molecular weight excluding hydrogens is 232 g/mol. The van der Waals surface area contributed by atoms with Crippen LogP contribution in [0.4, 0.5) is 0 Å². The molecule has 0 aliphatic heterocycles. The summed E-state index contributed by atoms with van der Waals surface area (Å²) in [5.74, 6) is 0.230. The lowest BCUT2D eigenvalue weighted by Crippen LogP contribution is -1.96. The Bertz CT molecular complexity index is 677. The first-order valence-corrected chi connectivity index (χ1v) is 6.72. The Morgan fingerprint density at radius 3 is 2.63 bits per heavy atom. The van der Waals surface area contributed by atoms with E-state index in [2.05, 4.69) is 48.5 Å². The highest BCUT2D eigenvalue weighted by Crippen LogP contribution is 2.26. The molecule has 0 saturated heterocycles. The molecule has 0 heterocycles.